The lowest BCUT2D eigenvalue weighted by Crippen LogP contribution is -2.35. The number of rotatable bonds is 16. The van der Waals surface area contributed by atoms with E-state index in [0.29, 0.717) is 53.4 Å². The zero-order valence-corrected chi connectivity index (χ0v) is 32.5. The smallest absolute Gasteiger partial charge is 0.304 e. The second kappa shape index (κ2) is 17.3. The van der Waals surface area contributed by atoms with Gasteiger partial charge in [-0.05, 0) is 86.3 Å². The first-order valence-electron chi connectivity index (χ1n) is 19.0. The molecule has 0 radical (unpaired) electrons. The highest BCUT2D eigenvalue weighted by atomic mass is 32.2. The number of unbranched alkanes of at least 4 members (excludes halogenated alkanes) is 3. The molecule has 6 rings (SSSR count). The van der Waals surface area contributed by atoms with Gasteiger partial charge in [0.05, 0.1) is 26.3 Å². The highest BCUT2D eigenvalue weighted by molar-refractivity contribution is 7.89. The van der Waals surface area contributed by atoms with Gasteiger partial charge in [0.2, 0.25) is 15.9 Å². The van der Waals surface area contributed by atoms with Crippen LogP contribution in [-0.4, -0.2) is 76.0 Å². The Hall–Kier alpha value is -4.56. The number of benzene rings is 2. The van der Waals surface area contributed by atoms with Gasteiger partial charge in [-0.25, -0.2) is 13.1 Å². The summed E-state index contributed by atoms with van der Waals surface area (Å²) >= 11 is 0. The molecule has 1 saturated carbocycles. The second-order valence-corrected chi connectivity index (χ2v) is 16.8. The molecular formula is C40H52N6O7S. The molecule has 1 aliphatic carbocycles. The number of methoxy groups -OCH3 is 1. The third-order valence-corrected chi connectivity index (χ3v) is 12.6. The topological polar surface area (TPSA) is 166 Å². The first kappa shape index (κ1) is 39.1. The summed E-state index contributed by atoms with van der Waals surface area (Å²) in [6.45, 7) is 4.67. The largest absolute Gasteiger partial charge is 0.494 e. The fourth-order valence-corrected chi connectivity index (χ4v) is 9.32. The van der Waals surface area contributed by atoms with Crippen LogP contribution in [0.1, 0.15) is 105 Å². The first-order valence-corrected chi connectivity index (χ1v) is 20.5. The number of sulfonamides is 1. The van der Waals surface area contributed by atoms with Crippen molar-refractivity contribution >= 4 is 32.9 Å². The quantitative estimate of drug-likeness (QED) is 0.128. The number of nitrogens with zero attached hydrogens (tertiary/aromatic N) is 5. The molecule has 0 unspecified atom stereocenters. The van der Waals surface area contributed by atoms with Crippen LogP contribution in [0.5, 0.6) is 11.5 Å². The van der Waals surface area contributed by atoms with Gasteiger partial charge >= 0.3 is 5.97 Å². The van der Waals surface area contributed by atoms with Gasteiger partial charge in [0.25, 0.3) is 0 Å². The number of nitrogens with one attached hydrogen (secondary N) is 1. The lowest BCUT2D eigenvalue weighted by atomic mass is 9.86. The Balaban J connectivity index is 1.12. The molecule has 1 aliphatic heterocycles. The highest BCUT2D eigenvalue weighted by Gasteiger charge is 2.35. The van der Waals surface area contributed by atoms with Crippen LogP contribution in [0, 0.1) is 12.8 Å². The predicted octanol–water partition coefficient (Wildman–Crippen LogP) is 6.06. The molecule has 0 spiro atoms. The molecule has 4 aromatic rings. The summed E-state index contributed by atoms with van der Waals surface area (Å²) < 4.78 is 43.2. The molecule has 2 atom stereocenters. The average molecular weight is 761 g/mol. The second-order valence-electron chi connectivity index (χ2n) is 14.9. The molecule has 1 amide bonds. The third-order valence-electron chi connectivity index (χ3n) is 10.7. The van der Waals surface area contributed by atoms with Crippen molar-refractivity contribution in [2.45, 2.75) is 108 Å². The Morgan fingerprint density at radius 2 is 1.85 bits per heavy atom. The number of carboxylic acids is 1. The Labute approximate surface area is 317 Å². The fourth-order valence-electron chi connectivity index (χ4n) is 7.78. The maximum absolute atomic E-state index is 14.2. The van der Waals surface area contributed by atoms with Crippen molar-refractivity contribution in [1.29, 1.82) is 0 Å². The normalized spacial score (nSPS) is 17.8. The van der Waals surface area contributed by atoms with E-state index in [2.05, 4.69) is 20.6 Å². The number of aryl methyl sites for hydroxylation is 3. The number of amides is 1. The minimum Gasteiger partial charge on any atom is -0.494 e. The van der Waals surface area contributed by atoms with E-state index in [1.54, 1.807) is 24.9 Å². The predicted molar refractivity (Wildman–Crippen MR) is 204 cm³/mol. The van der Waals surface area contributed by atoms with Gasteiger partial charge in [-0.15, -0.1) is 5.10 Å². The number of carboxylic acid groups (broad SMARTS) is 1. The number of hydrogen-bond donors (Lipinski definition) is 2. The molecule has 2 N–H and O–H groups in total. The van der Waals surface area contributed by atoms with E-state index in [0.717, 1.165) is 48.1 Å². The van der Waals surface area contributed by atoms with Crippen LogP contribution >= 0.6 is 0 Å². The number of hydrogen-bond acceptors (Lipinski definition) is 9. The summed E-state index contributed by atoms with van der Waals surface area (Å²) in [5.41, 5.74) is 5.13. The standard InChI is InChI=1S/C40H52N6O7S/c1-26-14-15-29(33(22-39(48)49)30-19-34-40(36(20-30)52-4)45(3)44-43-34)18-31(26)25-46-24-27(2)53-35-21-32(42-23-37(35)54(46,50)51)13-7-5-6-10-16-41-38(47)17-28-11-8-9-12-28/h14-15,18-21,23,27-28,33H,5-13,16-17,22,24-25H2,1-4H3,(H,41,47)(H,48,49)/t27-,33+/m1/s1. The summed E-state index contributed by atoms with van der Waals surface area (Å²) in [4.78, 5) is 28.9. The number of aliphatic carboxylic acids is 1. The fraction of sp³-hybridized carbons (Fsp3) is 0.525. The van der Waals surface area contributed by atoms with Gasteiger partial charge in [-0.1, -0.05) is 49.1 Å². The van der Waals surface area contributed by atoms with E-state index in [4.69, 9.17) is 9.47 Å². The van der Waals surface area contributed by atoms with Gasteiger partial charge in [0.15, 0.2) is 0 Å². The lowest BCUT2D eigenvalue weighted by Gasteiger charge is -2.24. The molecule has 14 heteroatoms. The Morgan fingerprint density at radius 1 is 1.07 bits per heavy atom. The lowest BCUT2D eigenvalue weighted by molar-refractivity contribution is -0.137. The van der Waals surface area contributed by atoms with Crippen molar-refractivity contribution in [1.82, 2.24) is 29.6 Å². The maximum Gasteiger partial charge on any atom is 0.304 e. The van der Waals surface area contributed by atoms with Gasteiger partial charge in [-0.2, -0.15) is 4.31 Å². The van der Waals surface area contributed by atoms with Crippen LogP contribution in [0.4, 0.5) is 0 Å². The number of carbonyl (C=O) groups is 2. The van der Waals surface area contributed by atoms with Crippen molar-refractivity contribution in [3.05, 3.63) is 70.5 Å². The Morgan fingerprint density at radius 3 is 2.61 bits per heavy atom. The average Bonchev–Trinajstić information content (AvgIpc) is 3.77. The molecule has 54 heavy (non-hydrogen) atoms. The molecule has 3 heterocycles. The number of carbonyl (C=O) groups excluding carboxylic acids is 1. The molecular weight excluding hydrogens is 709 g/mol. The van der Waals surface area contributed by atoms with Crippen LogP contribution in [-0.2, 0) is 39.6 Å². The van der Waals surface area contributed by atoms with Crippen LogP contribution in [0.3, 0.4) is 0 Å². The number of ether oxygens (including phenoxy) is 2. The van der Waals surface area contributed by atoms with Gasteiger partial charge in [0.1, 0.15) is 33.5 Å². The molecule has 1 fully saturated rings. The van der Waals surface area contributed by atoms with Crippen LogP contribution in [0.25, 0.3) is 11.0 Å². The van der Waals surface area contributed by atoms with Gasteiger partial charge < -0.3 is 19.9 Å². The Bertz CT molecular complexity index is 2080. The molecule has 2 aliphatic rings. The van der Waals surface area contributed by atoms with Crippen LogP contribution in [0.15, 0.2) is 47.5 Å². The molecule has 13 nitrogen and oxygen atoms in total. The van der Waals surface area contributed by atoms with Crippen LogP contribution in [0.2, 0.25) is 0 Å². The van der Waals surface area contributed by atoms with E-state index in [-0.39, 0.29) is 30.3 Å². The summed E-state index contributed by atoms with van der Waals surface area (Å²) in [6, 6.07) is 11.1. The highest BCUT2D eigenvalue weighted by Crippen LogP contribution is 2.37. The van der Waals surface area contributed by atoms with Crippen molar-refractivity contribution in [2.75, 3.05) is 20.2 Å². The van der Waals surface area contributed by atoms with E-state index in [1.165, 1.54) is 36.2 Å². The van der Waals surface area contributed by atoms with Gasteiger partial charge in [0, 0.05) is 44.2 Å². The maximum atomic E-state index is 14.2. The molecule has 2 aromatic carbocycles. The molecule has 0 saturated heterocycles. The van der Waals surface area contributed by atoms with Crippen LogP contribution < -0.4 is 14.8 Å². The molecule has 290 valence electrons. The number of aromatic nitrogens is 4. The third kappa shape index (κ3) is 9.20. The first-order chi connectivity index (χ1) is 25.9. The SMILES string of the molecule is COc1cc([C@@H](CC(=O)O)c2ccc(C)c(CN3C[C@@H](C)Oc4cc(CCCCCCNC(=O)CC5CCCC5)ncc4S3(=O)=O)c2)cc2nnn(C)c12. The number of fused-ring (bicyclic) bond motifs is 2. The van der Waals surface area contributed by atoms with Crippen molar-refractivity contribution in [2.24, 2.45) is 13.0 Å². The van der Waals surface area contributed by atoms with E-state index in [1.807, 2.05) is 44.2 Å². The summed E-state index contributed by atoms with van der Waals surface area (Å²) in [5, 5.41) is 21.3. The van der Waals surface area contributed by atoms with Crippen molar-refractivity contribution in [3.63, 3.8) is 0 Å². The zero-order valence-electron chi connectivity index (χ0n) is 31.7. The van der Waals surface area contributed by atoms with E-state index < -0.39 is 28.0 Å². The van der Waals surface area contributed by atoms with E-state index in [9.17, 15) is 23.1 Å². The molecule has 0 bridgehead atoms. The number of pyridine rings is 1. The minimum atomic E-state index is -3.99. The zero-order chi connectivity index (χ0) is 38.4. The monoisotopic (exact) mass is 760 g/mol. The summed E-state index contributed by atoms with van der Waals surface area (Å²) in [5.74, 6) is 0.0330. The van der Waals surface area contributed by atoms with Gasteiger partial charge in [-0.3, -0.25) is 14.6 Å². The van der Waals surface area contributed by atoms with Crippen molar-refractivity contribution in [3.8, 4) is 11.5 Å². The van der Waals surface area contributed by atoms with Crippen molar-refractivity contribution < 1.29 is 32.6 Å². The summed E-state index contributed by atoms with van der Waals surface area (Å²) in [6.07, 6.45) is 10.8. The summed E-state index contributed by atoms with van der Waals surface area (Å²) in [7, 11) is -0.673. The van der Waals surface area contributed by atoms with E-state index >= 15 is 0 Å². The minimum absolute atomic E-state index is 0.0332. The molecule has 2 aromatic heterocycles. The Kier molecular flexibility index (Phi) is 12.5.